The monoisotopic (exact) mass is 345 g/mol. The molecule has 20 heavy (non-hydrogen) atoms. The zero-order valence-corrected chi connectivity index (χ0v) is 13.5. The summed E-state index contributed by atoms with van der Waals surface area (Å²) in [5, 5.41) is 3.36. The molecule has 1 aliphatic rings. The molecule has 2 rings (SSSR count). The third-order valence-electron chi connectivity index (χ3n) is 4.15. The summed E-state index contributed by atoms with van der Waals surface area (Å²) < 4.78 is 25.1. The van der Waals surface area contributed by atoms with Crippen LogP contribution in [-0.2, 0) is 15.9 Å². The van der Waals surface area contributed by atoms with Gasteiger partial charge in [0.25, 0.3) is 0 Å². The molecule has 1 atom stereocenters. The van der Waals surface area contributed by atoms with E-state index in [1.165, 1.54) is 6.07 Å². The van der Waals surface area contributed by atoms with Crippen LogP contribution >= 0.6 is 15.9 Å². The largest absolute Gasteiger partial charge is 0.381 e. The molecule has 0 amide bonds. The SMILES string of the molecule is CNC(Cc1ccc(F)c(Br)c1)C1(OC)CCOCC1. The van der Waals surface area contributed by atoms with Gasteiger partial charge in [0.1, 0.15) is 5.82 Å². The summed E-state index contributed by atoms with van der Waals surface area (Å²) in [5.74, 6) is -0.234. The van der Waals surface area contributed by atoms with E-state index < -0.39 is 0 Å². The van der Waals surface area contributed by atoms with E-state index >= 15 is 0 Å². The smallest absolute Gasteiger partial charge is 0.137 e. The van der Waals surface area contributed by atoms with E-state index in [0.717, 1.165) is 38.0 Å². The molecule has 1 aromatic carbocycles. The summed E-state index contributed by atoms with van der Waals surface area (Å²) in [4.78, 5) is 0. The predicted molar refractivity (Wildman–Crippen MR) is 80.4 cm³/mol. The molecule has 0 saturated carbocycles. The average molecular weight is 346 g/mol. The maximum absolute atomic E-state index is 13.3. The Bertz CT molecular complexity index is 449. The quantitative estimate of drug-likeness (QED) is 0.889. The Kier molecular flexibility index (Phi) is 5.55. The molecule has 1 aliphatic heterocycles. The number of nitrogens with one attached hydrogen (secondary N) is 1. The zero-order chi connectivity index (χ0) is 14.6. The first-order valence-electron chi connectivity index (χ1n) is 6.85. The van der Waals surface area contributed by atoms with Crippen molar-refractivity contribution in [3.8, 4) is 0 Å². The number of methoxy groups -OCH3 is 1. The van der Waals surface area contributed by atoms with Gasteiger partial charge < -0.3 is 14.8 Å². The topological polar surface area (TPSA) is 30.5 Å². The number of likely N-dealkylation sites (N-methyl/N-ethyl adjacent to an activating group) is 1. The lowest BCUT2D eigenvalue weighted by molar-refractivity contribution is -0.109. The molecule has 1 heterocycles. The fraction of sp³-hybridized carbons (Fsp3) is 0.600. The number of hydrogen-bond acceptors (Lipinski definition) is 3. The second-order valence-electron chi connectivity index (χ2n) is 5.18. The summed E-state index contributed by atoms with van der Waals surface area (Å²) in [6.07, 6.45) is 2.54. The fourth-order valence-corrected chi connectivity index (χ4v) is 3.29. The summed E-state index contributed by atoms with van der Waals surface area (Å²) >= 11 is 3.24. The van der Waals surface area contributed by atoms with E-state index in [-0.39, 0.29) is 17.5 Å². The first-order chi connectivity index (χ1) is 9.61. The van der Waals surface area contributed by atoms with Crippen LogP contribution in [0.25, 0.3) is 0 Å². The van der Waals surface area contributed by atoms with Gasteiger partial charge >= 0.3 is 0 Å². The van der Waals surface area contributed by atoms with E-state index in [1.54, 1.807) is 7.11 Å². The van der Waals surface area contributed by atoms with Gasteiger partial charge in [-0.25, -0.2) is 4.39 Å². The van der Waals surface area contributed by atoms with Crippen molar-refractivity contribution in [3.63, 3.8) is 0 Å². The number of benzene rings is 1. The van der Waals surface area contributed by atoms with Crippen LogP contribution in [0.5, 0.6) is 0 Å². The third-order valence-corrected chi connectivity index (χ3v) is 4.76. The summed E-state index contributed by atoms with van der Waals surface area (Å²) in [5.41, 5.74) is 0.869. The van der Waals surface area contributed by atoms with Crippen LogP contribution in [0.4, 0.5) is 4.39 Å². The van der Waals surface area contributed by atoms with E-state index in [9.17, 15) is 4.39 Å². The van der Waals surface area contributed by atoms with Gasteiger partial charge in [-0.15, -0.1) is 0 Å². The summed E-state index contributed by atoms with van der Waals surface area (Å²) in [6.45, 7) is 1.44. The number of halogens is 2. The Morgan fingerprint density at radius 3 is 2.70 bits per heavy atom. The molecule has 3 nitrogen and oxygen atoms in total. The number of ether oxygens (including phenoxy) is 2. The van der Waals surface area contributed by atoms with Crippen molar-refractivity contribution in [2.75, 3.05) is 27.4 Å². The molecule has 1 aromatic rings. The second-order valence-corrected chi connectivity index (χ2v) is 6.03. The Hall–Kier alpha value is -0.490. The van der Waals surface area contributed by atoms with Crippen LogP contribution in [0.2, 0.25) is 0 Å². The van der Waals surface area contributed by atoms with Gasteiger partial charge in [0.15, 0.2) is 0 Å². The first-order valence-corrected chi connectivity index (χ1v) is 7.64. The van der Waals surface area contributed by atoms with Gasteiger partial charge in [0.2, 0.25) is 0 Å². The standard InChI is InChI=1S/C15H21BrFNO2/c1-18-14(15(19-2)5-7-20-8-6-15)10-11-3-4-13(17)12(16)9-11/h3-4,9,14,18H,5-8,10H2,1-2H3. The van der Waals surface area contributed by atoms with Gasteiger partial charge in [-0.2, -0.15) is 0 Å². The highest BCUT2D eigenvalue weighted by molar-refractivity contribution is 9.10. The molecule has 1 unspecified atom stereocenters. The lowest BCUT2D eigenvalue weighted by Crippen LogP contribution is -2.55. The normalized spacial score (nSPS) is 19.8. The highest BCUT2D eigenvalue weighted by Gasteiger charge is 2.39. The number of rotatable bonds is 5. The van der Waals surface area contributed by atoms with Crippen molar-refractivity contribution in [1.82, 2.24) is 5.32 Å². The van der Waals surface area contributed by atoms with Crippen molar-refractivity contribution in [2.24, 2.45) is 0 Å². The predicted octanol–water partition coefficient (Wildman–Crippen LogP) is 2.91. The molecule has 1 N–H and O–H groups in total. The van der Waals surface area contributed by atoms with Gasteiger partial charge in [-0.3, -0.25) is 0 Å². The Balaban J connectivity index is 2.16. The van der Waals surface area contributed by atoms with Crippen LogP contribution in [0.15, 0.2) is 22.7 Å². The minimum Gasteiger partial charge on any atom is -0.381 e. The lowest BCUT2D eigenvalue weighted by atomic mass is 9.82. The zero-order valence-electron chi connectivity index (χ0n) is 11.9. The highest BCUT2D eigenvalue weighted by atomic mass is 79.9. The van der Waals surface area contributed by atoms with Crippen molar-refractivity contribution in [2.45, 2.75) is 30.9 Å². The Labute approximate surface area is 128 Å². The Morgan fingerprint density at radius 2 is 2.15 bits per heavy atom. The third kappa shape index (κ3) is 3.39. The van der Waals surface area contributed by atoms with E-state index in [4.69, 9.17) is 9.47 Å². The minimum absolute atomic E-state index is 0.175. The van der Waals surface area contributed by atoms with Gasteiger partial charge in [-0.05, 0) is 47.1 Å². The van der Waals surface area contributed by atoms with E-state index in [1.807, 2.05) is 19.2 Å². The minimum atomic E-state index is -0.234. The summed E-state index contributed by atoms with van der Waals surface area (Å²) in [7, 11) is 3.70. The maximum atomic E-state index is 13.3. The molecular weight excluding hydrogens is 325 g/mol. The molecule has 112 valence electrons. The van der Waals surface area contributed by atoms with Crippen molar-refractivity contribution in [3.05, 3.63) is 34.1 Å². The second kappa shape index (κ2) is 6.98. The van der Waals surface area contributed by atoms with Gasteiger partial charge in [0.05, 0.1) is 10.1 Å². The van der Waals surface area contributed by atoms with Crippen LogP contribution < -0.4 is 5.32 Å². The molecule has 1 fully saturated rings. The Morgan fingerprint density at radius 1 is 1.45 bits per heavy atom. The van der Waals surface area contributed by atoms with Crippen molar-refractivity contribution >= 4 is 15.9 Å². The molecule has 0 radical (unpaired) electrons. The molecule has 1 saturated heterocycles. The van der Waals surface area contributed by atoms with Crippen molar-refractivity contribution < 1.29 is 13.9 Å². The van der Waals surface area contributed by atoms with Crippen LogP contribution in [0, 0.1) is 5.82 Å². The lowest BCUT2D eigenvalue weighted by Gasteiger charge is -2.42. The maximum Gasteiger partial charge on any atom is 0.137 e. The van der Waals surface area contributed by atoms with Crippen LogP contribution in [0.1, 0.15) is 18.4 Å². The molecule has 0 aromatic heterocycles. The molecular formula is C15H21BrFNO2. The highest BCUT2D eigenvalue weighted by Crippen LogP contribution is 2.30. The average Bonchev–Trinajstić information content (AvgIpc) is 2.49. The first kappa shape index (κ1) is 15.9. The molecule has 0 spiro atoms. The van der Waals surface area contributed by atoms with Crippen molar-refractivity contribution in [1.29, 1.82) is 0 Å². The molecule has 0 aliphatic carbocycles. The number of hydrogen-bond donors (Lipinski definition) is 1. The fourth-order valence-electron chi connectivity index (χ4n) is 2.87. The van der Waals surface area contributed by atoms with Gasteiger partial charge in [-0.1, -0.05) is 6.07 Å². The molecule has 0 bridgehead atoms. The molecule has 5 heteroatoms. The summed E-state index contributed by atoms with van der Waals surface area (Å²) in [6, 6.07) is 5.33. The van der Waals surface area contributed by atoms with E-state index in [2.05, 4.69) is 21.2 Å². The van der Waals surface area contributed by atoms with Crippen LogP contribution in [-0.4, -0.2) is 39.0 Å². The van der Waals surface area contributed by atoms with Crippen LogP contribution in [0.3, 0.4) is 0 Å². The van der Waals surface area contributed by atoms with Gasteiger partial charge in [0, 0.05) is 39.2 Å². The van der Waals surface area contributed by atoms with E-state index in [0.29, 0.717) is 4.47 Å².